The summed E-state index contributed by atoms with van der Waals surface area (Å²) < 4.78 is 0. The van der Waals surface area contributed by atoms with Crippen LogP contribution in [-0.4, -0.2) is 19.5 Å². The van der Waals surface area contributed by atoms with E-state index in [0.29, 0.717) is 0 Å². The number of hydrogen-bond donors (Lipinski definition) is 0. The van der Waals surface area contributed by atoms with Crippen molar-refractivity contribution in [2.45, 2.75) is 12.8 Å². The Morgan fingerprint density at radius 2 is 1.85 bits per heavy atom. The Morgan fingerprint density at radius 3 is 2.46 bits per heavy atom. The maximum absolute atomic E-state index is 5.61. The highest BCUT2D eigenvalue weighted by atomic mass is 35.5. The van der Waals surface area contributed by atoms with Crippen molar-refractivity contribution < 1.29 is 0 Å². The van der Waals surface area contributed by atoms with E-state index in [-0.39, 0.29) is 0 Å². The molecule has 0 atom stereocenters. The monoisotopic (exact) mass is 197 g/mol. The molecule has 2 heteroatoms. The summed E-state index contributed by atoms with van der Waals surface area (Å²) in [5, 5.41) is 0. The Bertz CT molecular complexity index is 223. The number of hydrogen-bond acceptors (Lipinski definition) is 1. The summed E-state index contributed by atoms with van der Waals surface area (Å²) in [5.74, 6) is 0.766. The molecule has 0 bridgehead atoms. The molecule has 0 spiro atoms. The van der Waals surface area contributed by atoms with Gasteiger partial charge in [0.2, 0.25) is 0 Å². The summed E-state index contributed by atoms with van der Waals surface area (Å²) in [6, 6.07) is 10.4. The number of halogens is 1. The van der Waals surface area contributed by atoms with Crippen LogP contribution >= 0.6 is 11.6 Å². The zero-order valence-electron chi connectivity index (χ0n) is 8.04. The van der Waals surface area contributed by atoms with Gasteiger partial charge in [0.1, 0.15) is 0 Å². The van der Waals surface area contributed by atoms with Crippen LogP contribution in [0.5, 0.6) is 0 Å². The van der Waals surface area contributed by atoms with Gasteiger partial charge in [0.15, 0.2) is 0 Å². The lowest BCUT2D eigenvalue weighted by molar-refractivity contribution is 0.770. The third-order valence-electron chi connectivity index (χ3n) is 2.07. The van der Waals surface area contributed by atoms with Gasteiger partial charge in [-0.2, -0.15) is 0 Å². The first kappa shape index (κ1) is 10.4. The second-order valence-electron chi connectivity index (χ2n) is 3.15. The summed E-state index contributed by atoms with van der Waals surface area (Å²) in [5.41, 5.74) is 1.28. The molecular formula is C11H16ClN. The zero-order chi connectivity index (χ0) is 9.52. The number of rotatable bonds is 5. The Balaban J connectivity index is 2.35. The molecule has 0 aliphatic rings. The van der Waals surface area contributed by atoms with Gasteiger partial charge in [-0.1, -0.05) is 18.2 Å². The summed E-state index contributed by atoms with van der Waals surface area (Å²) >= 11 is 5.61. The fourth-order valence-corrected chi connectivity index (χ4v) is 1.44. The minimum Gasteiger partial charge on any atom is -0.375 e. The predicted octanol–water partition coefficient (Wildman–Crippen LogP) is 3.14. The van der Waals surface area contributed by atoms with E-state index in [4.69, 9.17) is 11.6 Å². The maximum atomic E-state index is 5.61. The molecular weight excluding hydrogens is 182 g/mol. The van der Waals surface area contributed by atoms with Crippen LogP contribution < -0.4 is 4.90 Å². The van der Waals surface area contributed by atoms with Crippen molar-refractivity contribution in [1.29, 1.82) is 0 Å². The van der Waals surface area contributed by atoms with Crippen LogP contribution in [0.3, 0.4) is 0 Å². The summed E-state index contributed by atoms with van der Waals surface area (Å²) in [6.07, 6.45) is 2.26. The predicted molar refractivity (Wildman–Crippen MR) is 59.7 cm³/mol. The summed E-state index contributed by atoms with van der Waals surface area (Å²) in [7, 11) is 2.11. The molecule has 0 unspecified atom stereocenters. The molecule has 0 saturated carbocycles. The largest absolute Gasteiger partial charge is 0.375 e. The topological polar surface area (TPSA) is 3.24 Å². The lowest BCUT2D eigenvalue weighted by Crippen LogP contribution is -2.18. The van der Waals surface area contributed by atoms with Crippen molar-refractivity contribution >= 4 is 17.3 Å². The van der Waals surface area contributed by atoms with Gasteiger partial charge in [-0.05, 0) is 25.0 Å². The zero-order valence-corrected chi connectivity index (χ0v) is 8.80. The van der Waals surface area contributed by atoms with E-state index in [1.54, 1.807) is 0 Å². The van der Waals surface area contributed by atoms with Crippen LogP contribution in [0.4, 0.5) is 5.69 Å². The van der Waals surface area contributed by atoms with E-state index < -0.39 is 0 Å². The van der Waals surface area contributed by atoms with Gasteiger partial charge in [0.05, 0.1) is 0 Å². The van der Waals surface area contributed by atoms with Crippen LogP contribution in [0.25, 0.3) is 0 Å². The van der Waals surface area contributed by atoms with E-state index in [1.165, 1.54) is 5.69 Å². The number of para-hydroxylation sites is 1. The molecule has 0 saturated heterocycles. The maximum Gasteiger partial charge on any atom is 0.0363 e. The number of benzene rings is 1. The van der Waals surface area contributed by atoms with E-state index in [0.717, 1.165) is 25.3 Å². The number of anilines is 1. The third-order valence-corrected chi connectivity index (χ3v) is 2.34. The van der Waals surface area contributed by atoms with Crippen molar-refractivity contribution in [3.63, 3.8) is 0 Å². The van der Waals surface area contributed by atoms with Crippen molar-refractivity contribution in [2.75, 3.05) is 24.4 Å². The molecule has 0 aromatic heterocycles. The second-order valence-corrected chi connectivity index (χ2v) is 3.53. The quantitative estimate of drug-likeness (QED) is 0.518. The van der Waals surface area contributed by atoms with Crippen molar-refractivity contribution in [3.05, 3.63) is 30.3 Å². The van der Waals surface area contributed by atoms with Gasteiger partial charge in [-0.25, -0.2) is 0 Å². The molecule has 0 heterocycles. The molecule has 13 heavy (non-hydrogen) atoms. The Hall–Kier alpha value is -0.690. The minimum absolute atomic E-state index is 0.766. The van der Waals surface area contributed by atoms with E-state index in [2.05, 4.69) is 36.2 Å². The van der Waals surface area contributed by atoms with Crippen LogP contribution in [0, 0.1) is 0 Å². The Morgan fingerprint density at radius 1 is 1.15 bits per heavy atom. The standard InChI is InChI=1S/C11H16ClN/c1-13(10-6-5-9-12)11-7-3-2-4-8-11/h2-4,7-8H,5-6,9-10H2,1H3. The third kappa shape index (κ3) is 3.69. The first-order chi connectivity index (χ1) is 6.34. The van der Waals surface area contributed by atoms with E-state index >= 15 is 0 Å². The summed E-state index contributed by atoms with van der Waals surface area (Å²) in [6.45, 7) is 1.08. The van der Waals surface area contributed by atoms with Gasteiger partial charge >= 0.3 is 0 Å². The minimum atomic E-state index is 0.766. The summed E-state index contributed by atoms with van der Waals surface area (Å²) in [4.78, 5) is 2.26. The molecule has 0 fully saturated rings. The van der Waals surface area contributed by atoms with Gasteiger partial charge in [0.25, 0.3) is 0 Å². The molecule has 0 radical (unpaired) electrons. The van der Waals surface area contributed by atoms with Gasteiger partial charge in [-0.3, -0.25) is 0 Å². The van der Waals surface area contributed by atoms with Crippen molar-refractivity contribution in [3.8, 4) is 0 Å². The fourth-order valence-electron chi connectivity index (χ4n) is 1.26. The molecule has 72 valence electrons. The SMILES string of the molecule is CN(CCCCCl)c1ccccc1. The highest BCUT2D eigenvalue weighted by Gasteiger charge is 1.97. The van der Waals surface area contributed by atoms with Crippen molar-refractivity contribution in [2.24, 2.45) is 0 Å². The molecule has 1 aromatic carbocycles. The molecule has 1 rings (SSSR count). The highest BCUT2D eigenvalue weighted by Crippen LogP contribution is 2.11. The van der Waals surface area contributed by atoms with E-state index in [9.17, 15) is 0 Å². The number of unbranched alkanes of at least 4 members (excludes halogenated alkanes) is 1. The van der Waals surface area contributed by atoms with E-state index in [1.807, 2.05) is 6.07 Å². The van der Waals surface area contributed by atoms with Crippen LogP contribution in [0.2, 0.25) is 0 Å². The van der Waals surface area contributed by atoms with Gasteiger partial charge in [0, 0.05) is 25.2 Å². The van der Waals surface area contributed by atoms with Crippen LogP contribution in [0.15, 0.2) is 30.3 Å². The molecule has 0 aliphatic carbocycles. The average Bonchev–Trinajstić information content (AvgIpc) is 2.19. The lowest BCUT2D eigenvalue weighted by Gasteiger charge is -2.18. The van der Waals surface area contributed by atoms with Crippen molar-refractivity contribution in [1.82, 2.24) is 0 Å². The molecule has 0 amide bonds. The normalized spacial score (nSPS) is 10.0. The van der Waals surface area contributed by atoms with Crippen LogP contribution in [-0.2, 0) is 0 Å². The lowest BCUT2D eigenvalue weighted by atomic mass is 10.2. The first-order valence-electron chi connectivity index (χ1n) is 4.66. The Kier molecular flexibility index (Phi) is 4.69. The fraction of sp³-hybridized carbons (Fsp3) is 0.455. The van der Waals surface area contributed by atoms with Crippen LogP contribution in [0.1, 0.15) is 12.8 Å². The number of nitrogens with zero attached hydrogens (tertiary/aromatic N) is 1. The van der Waals surface area contributed by atoms with Gasteiger partial charge < -0.3 is 4.90 Å². The first-order valence-corrected chi connectivity index (χ1v) is 5.20. The second kappa shape index (κ2) is 5.87. The van der Waals surface area contributed by atoms with Gasteiger partial charge in [-0.15, -0.1) is 11.6 Å². The average molecular weight is 198 g/mol. The Labute approximate surface area is 85.3 Å². The highest BCUT2D eigenvalue weighted by molar-refractivity contribution is 6.17. The molecule has 0 aliphatic heterocycles. The smallest absolute Gasteiger partial charge is 0.0363 e. The molecule has 0 N–H and O–H groups in total. The molecule has 1 nitrogen and oxygen atoms in total. The number of alkyl halides is 1. The molecule has 1 aromatic rings.